The lowest BCUT2D eigenvalue weighted by Gasteiger charge is -2.49. The van der Waals surface area contributed by atoms with Crippen molar-refractivity contribution in [3.8, 4) is 11.5 Å². The SMILES string of the molecule is CC1(C(=O)Nc2cccc(Oc3ccccc3)c2)CCN1Cc1ccccc1Cl. The molecule has 3 aromatic carbocycles. The molecule has 0 aliphatic carbocycles. The minimum Gasteiger partial charge on any atom is -0.457 e. The van der Waals surface area contributed by atoms with Gasteiger partial charge in [0.15, 0.2) is 0 Å². The van der Waals surface area contributed by atoms with Gasteiger partial charge in [-0.3, -0.25) is 9.69 Å². The number of likely N-dealkylation sites (tertiary alicyclic amines) is 1. The molecule has 3 aromatic rings. The predicted octanol–water partition coefficient (Wildman–Crippen LogP) is 5.74. The highest BCUT2D eigenvalue weighted by Crippen LogP contribution is 2.34. The van der Waals surface area contributed by atoms with Gasteiger partial charge in [-0.15, -0.1) is 0 Å². The van der Waals surface area contributed by atoms with Crippen molar-refractivity contribution in [2.24, 2.45) is 0 Å². The smallest absolute Gasteiger partial charge is 0.244 e. The van der Waals surface area contributed by atoms with E-state index in [9.17, 15) is 4.79 Å². The van der Waals surface area contributed by atoms with Crippen LogP contribution in [0.4, 0.5) is 5.69 Å². The van der Waals surface area contributed by atoms with Crippen molar-refractivity contribution in [3.05, 3.63) is 89.4 Å². The fourth-order valence-corrected chi connectivity index (χ4v) is 3.67. The van der Waals surface area contributed by atoms with Gasteiger partial charge in [-0.2, -0.15) is 0 Å². The number of para-hydroxylation sites is 1. The third-order valence-corrected chi connectivity index (χ3v) is 5.81. The summed E-state index contributed by atoms with van der Waals surface area (Å²) in [5, 5.41) is 3.78. The molecule has 1 saturated heterocycles. The van der Waals surface area contributed by atoms with Gasteiger partial charge >= 0.3 is 0 Å². The molecule has 1 N–H and O–H groups in total. The van der Waals surface area contributed by atoms with Crippen LogP contribution in [0.1, 0.15) is 18.9 Å². The number of ether oxygens (including phenoxy) is 1. The minimum atomic E-state index is -0.560. The van der Waals surface area contributed by atoms with Crippen molar-refractivity contribution < 1.29 is 9.53 Å². The molecule has 0 radical (unpaired) electrons. The Kier molecular flexibility index (Phi) is 5.56. The highest BCUT2D eigenvalue weighted by molar-refractivity contribution is 6.31. The number of anilines is 1. The summed E-state index contributed by atoms with van der Waals surface area (Å²) in [5.41, 5.74) is 1.19. The quantitative estimate of drug-likeness (QED) is 0.567. The maximum absolute atomic E-state index is 13.0. The normalized spacial score (nSPS) is 18.7. The third-order valence-electron chi connectivity index (χ3n) is 5.45. The largest absolute Gasteiger partial charge is 0.457 e. The van der Waals surface area contributed by atoms with Gasteiger partial charge < -0.3 is 10.1 Å². The number of halogens is 1. The Morgan fingerprint density at radius 3 is 2.48 bits per heavy atom. The highest BCUT2D eigenvalue weighted by Gasteiger charge is 2.46. The van der Waals surface area contributed by atoms with E-state index in [0.717, 1.165) is 29.3 Å². The Labute approximate surface area is 176 Å². The van der Waals surface area contributed by atoms with Crippen LogP contribution in [0.3, 0.4) is 0 Å². The zero-order valence-corrected chi connectivity index (χ0v) is 17.0. The zero-order valence-electron chi connectivity index (χ0n) is 16.3. The molecule has 1 heterocycles. The van der Waals surface area contributed by atoms with E-state index in [2.05, 4.69) is 10.2 Å². The van der Waals surface area contributed by atoms with Crippen LogP contribution in [0, 0.1) is 0 Å². The van der Waals surface area contributed by atoms with Gasteiger partial charge in [-0.25, -0.2) is 0 Å². The summed E-state index contributed by atoms with van der Waals surface area (Å²) >= 11 is 6.29. The summed E-state index contributed by atoms with van der Waals surface area (Å²) in [7, 11) is 0. The summed E-state index contributed by atoms with van der Waals surface area (Å²) in [4.78, 5) is 15.2. The molecule has 1 fully saturated rings. The molecule has 148 valence electrons. The Bertz CT molecular complexity index is 1010. The minimum absolute atomic E-state index is 0.0207. The zero-order chi connectivity index (χ0) is 20.3. The molecule has 1 aliphatic rings. The van der Waals surface area contributed by atoms with E-state index < -0.39 is 5.54 Å². The molecular formula is C24H23ClN2O2. The number of rotatable bonds is 6. The molecule has 0 aromatic heterocycles. The monoisotopic (exact) mass is 406 g/mol. The summed E-state index contributed by atoms with van der Waals surface area (Å²) in [6, 6.07) is 24.8. The molecule has 4 rings (SSSR count). The van der Waals surface area contributed by atoms with E-state index in [4.69, 9.17) is 16.3 Å². The van der Waals surface area contributed by atoms with Crippen LogP contribution < -0.4 is 10.1 Å². The van der Waals surface area contributed by atoms with Gasteiger partial charge in [0.2, 0.25) is 5.91 Å². The van der Waals surface area contributed by atoms with Gasteiger partial charge in [0.1, 0.15) is 11.5 Å². The highest BCUT2D eigenvalue weighted by atomic mass is 35.5. The molecule has 1 aliphatic heterocycles. The number of carbonyl (C=O) groups is 1. The van der Waals surface area contributed by atoms with E-state index >= 15 is 0 Å². The molecular weight excluding hydrogens is 384 g/mol. The van der Waals surface area contributed by atoms with E-state index in [0.29, 0.717) is 18.0 Å². The van der Waals surface area contributed by atoms with Crippen LogP contribution >= 0.6 is 11.6 Å². The number of nitrogens with zero attached hydrogens (tertiary/aromatic N) is 1. The molecule has 5 heteroatoms. The second-order valence-electron chi connectivity index (χ2n) is 7.43. The number of hydrogen-bond acceptors (Lipinski definition) is 3. The molecule has 1 atom stereocenters. The maximum Gasteiger partial charge on any atom is 0.244 e. The van der Waals surface area contributed by atoms with E-state index in [1.54, 1.807) is 0 Å². The van der Waals surface area contributed by atoms with Crippen molar-refractivity contribution in [2.75, 3.05) is 11.9 Å². The number of amides is 1. The summed E-state index contributed by atoms with van der Waals surface area (Å²) in [6.45, 7) is 3.50. The van der Waals surface area contributed by atoms with E-state index in [1.807, 2.05) is 85.8 Å². The van der Waals surface area contributed by atoms with Gasteiger partial charge in [0.05, 0.1) is 5.54 Å². The van der Waals surface area contributed by atoms with Gasteiger partial charge in [-0.1, -0.05) is 54.1 Å². The Hall–Kier alpha value is -2.82. The second kappa shape index (κ2) is 8.27. The molecule has 0 bridgehead atoms. The number of hydrogen-bond donors (Lipinski definition) is 1. The average molecular weight is 407 g/mol. The van der Waals surface area contributed by atoms with E-state index in [-0.39, 0.29) is 5.91 Å². The summed E-state index contributed by atoms with van der Waals surface area (Å²) in [5.74, 6) is 1.42. The Morgan fingerprint density at radius 1 is 1.03 bits per heavy atom. The summed E-state index contributed by atoms with van der Waals surface area (Å²) < 4.78 is 5.86. The molecule has 0 saturated carbocycles. The standard InChI is InChI=1S/C24H23ClN2O2/c1-24(14-15-27(24)17-18-8-5-6-13-22(18)25)23(28)26-19-9-7-12-21(16-19)29-20-10-3-2-4-11-20/h2-13,16H,14-15,17H2,1H3,(H,26,28). The molecule has 4 nitrogen and oxygen atoms in total. The van der Waals surface area contributed by atoms with Crippen LogP contribution in [0.2, 0.25) is 5.02 Å². The van der Waals surface area contributed by atoms with Crippen molar-refractivity contribution in [1.82, 2.24) is 4.90 Å². The average Bonchev–Trinajstić information content (AvgIpc) is 2.72. The van der Waals surface area contributed by atoms with Crippen LogP contribution in [0.15, 0.2) is 78.9 Å². The molecule has 1 amide bonds. The van der Waals surface area contributed by atoms with Crippen molar-refractivity contribution >= 4 is 23.2 Å². The fourth-order valence-electron chi connectivity index (χ4n) is 3.48. The topological polar surface area (TPSA) is 41.6 Å². The van der Waals surface area contributed by atoms with Crippen LogP contribution in [-0.2, 0) is 11.3 Å². The Morgan fingerprint density at radius 2 is 1.76 bits per heavy atom. The number of benzene rings is 3. The number of nitrogens with one attached hydrogen (secondary N) is 1. The first-order valence-electron chi connectivity index (χ1n) is 9.67. The van der Waals surface area contributed by atoms with E-state index in [1.165, 1.54) is 0 Å². The van der Waals surface area contributed by atoms with Crippen LogP contribution in [-0.4, -0.2) is 22.9 Å². The van der Waals surface area contributed by atoms with Crippen molar-refractivity contribution in [3.63, 3.8) is 0 Å². The molecule has 29 heavy (non-hydrogen) atoms. The predicted molar refractivity (Wildman–Crippen MR) is 116 cm³/mol. The van der Waals surface area contributed by atoms with Gasteiger partial charge in [0.25, 0.3) is 0 Å². The van der Waals surface area contributed by atoms with Gasteiger partial charge in [-0.05, 0) is 49.2 Å². The van der Waals surface area contributed by atoms with Crippen LogP contribution in [0.25, 0.3) is 0 Å². The van der Waals surface area contributed by atoms with Crippen molar-refractivity contribution in [2.45, 2.75) is 25.4 Å². The Balaban J connectivity index is 1.43. The lowest BCUT2D eigenvalue weighted by Crippen LogP contribution is -2.63. The first kappa shape index (κ1) is 19.5. The molecule has 0 spiro atoms. The molecule has 1 unspecified atom stereocenters. The number of carbonyl (C=O) groups excluding carboxylic acids is 1. The first-order chi connectivity index (χ1) is 14.0. The lowest BCUT2D eigenvalue weighted by atomic mass is 9.85. The maximum atomic E-state index is 13.0. The fraction of sp³-hybridized carbons (Fsp3) is 0.208. The van der Waals surface area contributed by atoms with Crippen molar-refractivity contribution in [1.29, 1.82) is 0 Å². The lowest BCUT2D eigenvalue weighted by molar-refractivity contribution is -0.136. The summed E-state index contributed by atoms with van der Waals surface area (Å²) in [6.07, 6.45) is 0.809. The van der Waals surface area contributed by atoms with Crippen LogP contribution in [0.5, 0.6) is 11.5 Å². The third kappa shape index (κ3) is 4.29. The first-order valence-corrected chi connectivity index (χ1v) is 10.1. The van der Waals surface area contributed by atoms with Gasteiger partial charge in [0, 0.05) is 29.9 Å². The second-order valence-corrected chi connectivity index (χ2v) is 7.84.